The van der Waals surface area contributed by atoms with Crippen LogP contribution in [0.3, 0.4) is 0 Å². The Balaban J connectivity index is 1.57. The summed E-state index contributed by atoms with van der Waals surface area (Å²) < 4.78 is 7.01. The highest BCUT2D eigenvalue weighted by molar-refractivity contribution is 7.09. The molecular weight excluding hydrogens is 462 g/mol. The topological polar surface area (TPSA) is 89.3 Å². The molecular formula is C26H27N5O3S. The van der Waals surface area contributed by atoms with Crippen LogP contribution in [0.1, 0.15) is 40.7 Å². The van der Waals surface area contributed by atoms with Crippen molar-refractivity contribution in [1.82, 2.24) is 19.4 Å². The van der Waals surface area contributed by atoms with Crippen molar-refractivity contribution in [3.05, 3.63) is 64.6 Å². The van der Waals surface area contributed by atoms with Crippen molar-refractivity contribution >= 4 is 39.9 Å². The fourth-order valence-electron chi connectivity index (χ4n) is 4.65. The Kier molecular flexibility index (Phi) is 6.61. The Morgan fingerprint density at radius 3 is 2.80 bits per heavy atom. The normalized spacial score (nSPS) is 15.6. The maximum absolute atomic E-state index is 13.7. The number of nitrogens with zero attached hydrogens (tertiary/aromatic N) is 4. The number of aromatic nitrogens is 3. The quantitative estimate of drug-likeness (QED) is 0.408. The second kappa shape index (κ2) is 9.97. The Morgan fingerprint density at radius 1 is 1.23 bits per heavy atom. The van der Waals surface area contributed by atoms with Crippen LogP contribution < -0.4 is 5.32 Å². The van der Waals surface area contributed by atoms with E-state index in [2.05, 4.69) is 10.3 Å². The highest BCUT2D eigenvalue weighted by Crippen LogP contribution is 2.36. The van der Waals surface area contributed by atoms with E-state index in [1.807, 2.05) is 58.3 Å². The van der Waals surface area contributed by atoms with Crippen LogP contribution in [0.5, 0.6) is 0 Å². The number of benzene rings is 2. The molecule has 4 aromatic rings. The predicted octanol–water partition coefficient (Wildman–Crippen LogP) is 4.65. The molecule has 5 rings (SSSR count). The van der Waals surface area contributed by atoms with Gasteiger partial charge in [0.25, 0.3) is 5.91 Å². The number of fused-ring (bicyclic) bond motifs is 1. The average molecular weight is 490 g/mol. The minimum absolute atomic E-state index is 0.0263. The molecule has 1 saturated heterocycles. The van der Waals surface area contributed by atoms with Gasteiger partial charge in [-0.05, 0) is 25.0 Å². The molecule has 2 aromatic heterocycles. The van der Waals surface area contributed by atoms with Crippen LogP contribution in [0.15, 0.2) is 54.0 Å². The Labute approximate surface area is 207 Å². The standard InChI is InChI=1S/C26H27N5O3S/c1-30-23-19(28-22(32)10-13-34-2)15-18(16-20(23)29-24(30)17-7-4-3-5-8-17)26(33)31-12-6-9-21(31)25-27-11-14-35-25/h3-5,7-8,11,14-16,21H,6,9-10,12-13H2,1-2H3,(H,28,32). The van der Waals surface area contributed by atoms with Gasteiger partial charge in [0.15, 0.2) is 0 Å². The number of likely N-dealkylation sites (tertiary alicyclic amines) is 1. The summed E-state index contributed by atoms with van der Waals surface area (Å²) in [6.07, 6.45) is 3.82. The number of ether oxygens (including phenoxy) is 1. The number of nitrogens with one attached hydrogen (secondary N) is 1. The van der Waals surface area contributed by atoms with Gasteiger partial charge in [-0.3, -0.25) is 9.59 Å². The summed E-state index contributed by atoms with van der Waals surface area (Å²) in [5.41, 5.74) is 3.45. The van der Waals surface area contributed by atoms with E-state index in [1.165, 1.54) is 0 Å². The van der Waals surface area contributed by atoms with E-state index < -0.39 is 0 Å². The van der Waals surface area contributed by atoms with Crippen molar-refractivity contribution in [2.45, 2.75) is 25.3 Å². The molecule has 1 atom stereocenters. The smallest absolute Gasteiger partial charge is 0.254 e. The molecule has 0 radical (unpaired) electrons. The molecule has 0 bridgehead atoms. The number of methoxy groups -OCH3 is 1. The summed E-state index contributed by atoms with van der Waals surface area (Å²) in [4.78, 5) is 37.5. The number of hydrogen-bond acceptors (Lipinski definition) is 6. The van der Waals surface area contributed by atoms with Gasteiger partial charge in [0.1, 0.15) is 10.8 Å². The SMILES string of the molecule is COCCC(=O)Nc1cc(C(=O)N2CCCC2c2nccs2)cc2nc(-c3ccccc3)n(C)c12. The molecule has 9 heteroatoms. The number of imidazole rings is 1. The molecule has 0 spiro atoms. The molecule has 1 aliphatic rings. The first kappa shape index (κ1) is 23.2. The van der Waals surface area contributed by atoms with Crippen LogP contribution in [-0.2, 0) is 16.6 Å². The van der Waals surface area contributed by atoms with Gasteiger partial charge in [0, 0.05) is 43.4 Å². The second-order valence-corrected chi connectivity index (χ2v) is 9.50. The highest BCUT2D eigenvalue weighted by atomic mass is 32.1. The molecule has 35 heavy (non-hydrogen) atoms. The molecule has 0 saturated carbocycles. The van der Waals surface area contributed by atoms with Gasteiger partial charge in [0.05, 0.1) is 35.8 Å². The van der Waals surface area contributed by atoms with Crippen LogP contribution in [0.2, 0.25) is 0 Å². The van der Waals surface area contributed by atoms with Gasteiger partial charge in [0.2, 0.25) is 5.91 Å². The molecule has 1 fully saturated rings. The van der Waals surface area contributed by atoms with Crippen molar-refractivity contribution in [3.63, 3.8) is 0 Å². The third-order valence-electron chi connectivity index (χ3n) is 6.31. The summed E-state index contributed by atoms with van der Waals surface area (Å²) in [6.45, 7) is 0.992. The molecule has 1 N–H and O–H groups in total. The minimum atomic E-state index is -0.179. The maximum atomic E-state index is 13.7. The highest BCUT2D eigenvalue weighted by Gasteiger charge is 2.33. The Hall–Kier alpha value is -3.56. The number of thiazole rings is 1. The summed E-state index contributed by atoms with van der Waals surface area (Å²) in [7, 11) is 3.48. The average Bonchev–Trinajstić information content (AvgIpc) is 3.63. The lowest BCUT2D eigenvalue weighted by Gasteiger charge is -2.23. The van der Waals surface area contributed by atoms with E-state index >= 15 is 0 Å². The monoisotopic (exact) mass is 489 g/mol. The van der Waals surface area contributed by atoms with E-state index in [0.717, 1.165) is 34.8 Å². The summed E-state index contributed by atoms with van der Waals surface area (Å²) in [5.74, 6) is 0.505. The van der Waals surface area contributed by atoms with Gasteiger partial charge >= 0.3 is 0 Å². The first-order valence-electron chi connectivity index (χ1n) is 11.6. The van der Waals surface area contributed by atoms with Crippen molar-refractivity contribution < 1.29 is 14.3 Å². The zero-order valence-corrected chi connectivity index (χ0v) is 20.5. The lowest BCUT2D eigenvalue weighted by molar-refractivity contribution is -0.117. The maximum Gasteiger partial charge on any atom is 0.254 e. The lowest BCUT2D eigenvalue weighted by atomic mass is 10.1. The number of rotatable bonds is 7. The Bertz CT molecular complexity index is 1350. The number of aryl methyl sites for hydroxylation is 1. The number of amides is 2. The molecule has 8 nitrogen and oxygen atoms in total. The Morgan fingerprint density at radius 2 is 2.06 bits per heavy atom. The van der Waals surface area contributed by atoms with Crippen LogP contribution >= 0.6 is 11.3 Å². The van der Waals surface area contributed by atoms with Crippen molar-refractivity contribution in [1.29, 1.82) is 0 Å². The number of carbonyl (C=O) groups excluding carboxylic acids is 2. The number of anilines is 1. The molecule has 0 aliphatic carbocycles. The van der Waals surface area contributed by atoms with Gasteiger partial charge in [-0.2, -0.15) is 0 Å². The van der Waals surface area contributed by atoms with Gasteiger partial charge in [-0.15, -0.1) is 11.3 Å². The third-order valence-corrected chi connectivity index (χ3v) is 7.18. The van der Waals surface area contributed by atoms with E-state index in [9.17, 15) is 9.59 Å². The zero-order chi connectivity index (χ0) is 24.4. The van der Waals surface area contributed by atoms with Crippen LogP contribution in [0, 0.1) is 0 Å². The number of hydrogen-bond donors (Lipinski definition) is 1. The molecule has 180 valence electrons. The molecule has 3 heterocycles. The van der Waals surface area contributed by atoms with E-state index in [0.29, 0.717) is 29.9 Å². The van der Waals surface area contributed by atoms with E-state index in [4.69, 9.17) is 9.72 Å². The third kappa shape index (κ3) is 4.56. The molecule has 2 aromatic carbocycles. The molecule has 1 unspecified atom stereocenters. The zero-order valence-electron chi connectivity index (χ0n) is 19.7. The fourth-order valence-corrected chi connectivity index (χ4v) is 5.44. The first-order valence-corrected chi connectivity index (χ1v) is 12.5. The van der Waals surface area contributed by atoms with Gasteiger partial charge in [-0.1, -0.05) is 30.3 Å². The van der Waals surface area contributed by atoms with Gasteiger partial charge < -0.3 is 19.5 Å². The molecule has 1 aliphatic heterocycles. The summed E-state index contributed by atoms with van der Waals surface area (Å²) >= 11 is 1.57. The van der Waals surface area contributed by atoms with E-state index in [-0.39, 0.29) is 24.3 Å². The first-order chi connectivity index (χ1) is 17.1. The minimum Gasteiger partial charge on any atom is -0.384 e. The lowest BCUT2D eigenvalue weighted by Crippen LogP contribution is -2.30. The number of carbonyl (C=O) groups is 2. The van der Waals surface area contributed by atoms with Crippen LogP contribution in [0.25, 0.3) is 22.4 Å². The predicted molar refractivity (Wildman–Crippen MR) is 136 cm³/mol. The van der Waals surface area contributed by atoms with Crippen LogP contribution in [-0.4, -0.2) is 51.5 Å². The van der Waals surface area contributed by atoms with Crippen molar-refractivity contribution in [2.75, 3.05) is 25.6 Å². The van der Waals surface area contributed by atoms with Gasteiger partial charge in [-0.25, -0.2) is 9.97 Å². The van der Waals surface area contributed by atoms with Crippen molar-refractivity contribution in [3.8, 4) is 11.4 Å². The van der Waals surface area contributed by atoms with Crippen molar-refractivity contribution in [2.24, 2.45) is 7.05 Å². The second-order valence-electron chi connectivity index (χ2n) is 8.57. The summed E-state index contributed by atoms with van der Waals surface area (Å²) in [6, 6.07) is 13.4. The van der Waals surface area contributed by atoms with E-state index in [1.54, 1.807) is 30.7 Å². The van der Waals surface area contributed by atoms with Crippen LogP contribution in [0.4, 0.5) is 5.69 Å². The largest absolute Gasteiger partial charge is 0.384 e. The fraction of sp³-hybridized carbons (Fsp3) is 0.308. The summed E-state index contributed by atoms with van der Waals surface area (Å²) in [5, 5.41) is 5.88. The molecule has 2 amide bonds.